The van der Waals surface area contributed by atoms with E-state index in [-0.39, 0.29) is 10.8 Å². The number of hydrogen-bond donors (Lipinski definition) is 1. The quantitative estimate of drug-likeness (QED) is 0.838. The molecule has 1 atom stereocenters. The summed E-state index contributed by atoms with van der Waals surface area (Å²) >= 11 is 0. The van der Waals surface area contributed by atoms with Gasteiger partial charge in [-0.2, -0.15) is 4.72 Å². The lowest BCUT2D eigenvalue weighted by molar-refractivity contribution is -0.136. The van der Waals surface area contributed by atoms with Crippen molar-refractivity contribution in [2.24, 2.45) is 5.92 Å². The van der Waals surface area contributed by atoms with Crippen molar-refractivity contribution in [2.75, 3.05) is 26.3 Å². The van der Waals surface area contributed by atoms with E-state index >= 15 is 0 Å². The minimum Gasteiger partial charge on any atom is -0.378 e. The van der Waals surface area contributed by atoms with Crippen molar-refractivity contribution >= 4 is 15.9 Å². The molecule has 0 radical (unpaired) electrons. The van der Waals surface area contributed by atoms with Gasteiger partial charge in [-0.05, 0) is 37.0 Å². The fourth-order valence-electron chi connectivity index (χ4n) is 2.68. The molecule has 1 N–H and O–H groups in total. The Morgan fingerprint density at radius 1 is 1.17 bits per heavy atom. The number of benzene rings is 1. The molecule has 0 bridgehead atoms. The van der Waals surface area contributed by atoms with E-state index in [1.165, 1.54) is 0 Å². The average Bonchev–Trinajstić information content (AvgIpc) is 2.54. The van der Waals surface area contributed by atoms with Crippen LogP contribution in [-0.4, -0.2) is 51.6 Å². The first kappa shape index (κ1) is 18.9. The van der Waals surface area contributed by atoms with Crippen LogP contribution >= 0.6 is 0 Å². The summed E-state index contributed by atoms with van der Waals surface area (Å²) in [6.45, 7) is 7.77. The van der Waals surface area contributed by atoms with Crippen molar-refractivity contribution in [1.82, 2.24) is 9.62 Å². The summed E-state index contributed by atoms with van der Waals surface area (Å²) in [4.78, 5) is 14.1. The minimum absolute atomic E-state index is 0.177. The van der Waals surface area contributed by atoms with Crippen LogP contribution in [-0.2, 0) is 26.0 Å². The first-order valence-electron chi connectivity index (χ1n) is 8.27. The van der Waals surface area contributed by atoms with Gasteiger partial charge in [0.2, 0.25) is 15.9 Å². The lowest BCUT2D eigenvalue weighted by Crippen LogP contribution is -2.50. The van der Waals surface area contributed by atoms with E-state index in [0.29, 0.717) is 32.2 Å². The van der Waals surface area contributed by atoms with Gasteiger partial charge in [-0.1, -0.05) is 26.0 Å². The molecule has 0 aromatic heterocycles. The van der Waals surface area contributed by atoms with Crippen LogP contribution in [0.1, 0.15) is 26.3 Å². The van der Waals surface area contributed by atoms with E-state index < -0.39 is 16.1 Å². The number of amides is 1. The zero-order valence-electron chi connectivity index (χ0n) is 14.5. The van der Waals surface area contributed by atoms with Crippen LogP contribution in [0.5, 0.6) is 0 Å². The Kier molecular flexibility index (Phi) is 6.37. The molecule has 1 saturated heterocycles. The van der Waals surface area contributed by atoms with Gasteiger partial charge in [0.1, 0.15) is 0 Å². The Hall–Kier alpha value is -1.44. The third kappa shape index (κ3) is 5.03. The smallest absolute Gasteiger partial charge is 0.241 e. The van der Waals surface area contributed by atoms with E-state index in [2.05, 4.69) is 18.6 Å². The highest BCUT2D eigenvalue weighted by Crippen LogP contribution is 2.14. The van der Waals surface area contributed by atoms with Gasteiger partial charge in [-0.3, -0.25) is 4.79 Å². The normalized spacial score (nSPS) is 17.1. The molecule has 6 nitrogen and oxygen atoms in total. The number of morpholine rings is 1. The molecule has 1 aliphatic heterocycles. The maximum Gasteiger partial charge on any atom is 0.241 e. The van der Waals surface area contributed by atoms with Crippen molar-refractivity contribution in [1.29, 1.82) is 0 Å². The fourth-order valence-corrected chi connectivity index (χ4v) is 3.88. The number of nitrogens with zero attached hydrogens (tertiary/aromatic N) is 1. The summed E-state index contributed by atoms with van der Waals surface area (Å²) in [6.07, 6.45) is 0.902. The Bertz CT molecular complexity index is 650. The number of rotatable bonds is 6. The van der Waals surface area contributed by atoms with E-state index in [4.69, 9.17) is 4.74 Å². The van der Waals surface area contributed by atoms with Crippen molar-refractivity contribution in [2.45, 2.75) is 38.1 Å². The van der Waals surface area contributed by atoms with Crippen molar-refractivity contribution in [3.63, 3.8) is 0 Å². The number of carbonyl (C=O) groups is 1. The molecular weight excluding hydrogens is 328 g/mol. The van der Waals surface area contributed by atoms with E-state index in [1.807, 2.05) is 12.1 Å². The molecule has 0 saturated carbocycles. The predicted octanol–water partition coefficient (Wildman–Crippen LogP) is 1.41. The van der Waals surface area contributed by atoms with Gasteiger partial charge in [-0.25, -0.2) is 8.42 Å². The fraction of sp³-hybridized carbons (Fsp3) is 0.588. The third-order valence-electron chi connectivity index (χ3n) is 3.90. The molecule has 1 unspecified atom stereocenters. The van der Waals surface area contributed by atoms with E-state index in [0.717, 1.165) is 12.0 Å². The molecule has 1 aromatic carbocycles. The van der Waals surface area contributed by atoms with Crippen LogP contribution in [0.3, 0.4) is 0 Å². The molecule has 1 amide bonds. The zero-order chi connectivity index (χ0) is 17.7. The molecule has 1 heterocycles. The van der Waals surface area contributed by atoms with Gasteiger partial charge in [0.25, 0.3) is 0 Å². The molecule has 0 aliphatic carbocycles. The van der Waals surface area contributed by atoms with Gasteiger partial charge in [0.15, 0.2) is 0 Å². The van der Waals surface area contributed by atoms with Crippen LogP contribution in [0.15, 0.2) is 29.2 Å². The molecular formula is C17H26N2O4S. The number of sulfonamides is 1. The van der Waals surface area contributed by atoms with Gasteiger partial charge >= 0.3 is 0 Å². The summed E-state index contributed by atoms with van der Waals surface area (Å²) in [7, 11) is -3.72. The molecule has 24 heavy (non-hydrogen) atoms. The number of nitrogens with one attached hydrogen (secondary N) is 1. The molecule has 1 fully saturated rings. The summed E-state index contributed by atoms with van der Waals surface area (Å²) < 4.78 is 32.6. The van der Waals surface area contributed by atoms with Crippen LogP contribution in [0.2, 0.25) is 0 Å². The molecule has 2 rings (SSSR count). The second kappa shape index (κ2) is 8.09. The summed E-state index contributed by atoms with van der Waals surface area (Å²) in [6, 6.07) is 6.02. The summed E-state index contributed by atoms with van der Waals surface area (Å²) in [5, 5.41) is 0. The first-order valence-corrected chi connectivity index (χ1v) is 9.75. The highest BCUT2D eigenvalue weighted by Gasteiger charge is 2.26. The van der Waals surface area contributed by atoms with Crippen molar-refractivity contribution in [3.8, 4) is 0 Å². The lowest BCUT2D eigenvalue weighted by atomic mass is 10.0. The van der Waals surface area contributed by atoms with Gasteiger partial charge in [0, 0.05) is 13.1 Å². The van der Waals surface area contributed by atoms with Crippen LogP contribution < -0.4 is 4.72 Å². The Morgan fingerprint density at radius 3 is 2.29 bits per heavy atom. The van der Waals surface area contributed by atoms with Crippen molar-refractivity contribution < 1.29 is 17.9 Å². The second-order valence-electron chi connectivity index (χ2n) is 6.52. The summed E-state index contributed by atoms with van der Waals surface area (Å²) in [5.41, 5.74) is 1.10. The molecule has 7 heteroatoms. The highest BCUT2D eigenvalue weighted by molar-refractivity contribution is 7.89. The average molecular weight is 354 g/mol. The SMILES string of the molecule is CC(C)Cc1ccc(S(=O)(=O)NC(C)C(=O)N2CCOCC2)cc1. The number of ether oxygens (including phenoxy) is 1. The monoisotopic (exact) mass is 354 g/mol. The zero-order valence-corrected chi connectivity index (χ0v) is 15.3. The van der Waals surface area contributed by atoms with Gasteiger partial charge in [0.05, 0.1) is 24.2 Å². The third-order valence-corrected chi connectivity index (χ3v) is 5.46. The summed E-state index contributed by atoms with van der Waals surface area (Å²) in [5.74, 6) is 0.287. The first-order chi connectivity index (χ1) is 11.3. The molecule has 1 aromatic rings. The maximum absolute atomic E-state index is 12.5. The van der Waals surface area contributed by atoms with E-state index in [9.17, 15) is 13.2 Å². The van der Waals surface area contributed by atoms with Crippen LogP contribution in [0.4, 0.5) is 0 Å². The molecule has 1 aliphatic rings. The molecule has 134 valence electrons. The largest absolute Gasteiger partial charge is 0.378 e. The number of carbonyl (C=O) groups excluding carboxylic acids is 1. The second-order valence-corrected chi connectivity index (χ2v) is 8.24. The van der Waals surface area contributed by atoms with Crippen molar-refractivity contribution in [3.05, 3.63) is 29.8 Å². The molecule has 0 spiro atoms. The topological polar surface area (TPSA) is 75.7 Å². The van der Waals surface area contributed by atoms with Crippen LogP contribution in [0, 0.1) is 5.92 Å². The Morgan fingerprint density at radius 2 is 1.75 bits per heavy atom. The highest BCUT2D eigenvalue weighted by atomic mass is 32.2. The van der Waals surface area contributed by atoms with Gasteiger partial charge in [-0.15, -0.1) is 0 Å². The van der Waals surface area contributed by atoms with E-state index in [1.54, 1.807) is 24.0 Å². The maximum atomic E-state index is 12.5. The number of hydrogen-bond acceptors (Lipinski definition) is 4. The standard InChI is InChI=1S/C17H26N2O4S/c1-13(2)12-15-4-6-16(7-5-15)24(21,22)18-14(3)17(20)19-8-10-23-11-9-19/h4-7,13-14,18H,8-12H2,1-3H3. The minimum atomic E-state index is -3.72. The Balaban J connectivity index is 2.02. The van der Waals surface area contributed by atoms with Crippen LogP contribution in [0.25, 0.3) is 0 Å². The van der Waals surface area contributed by atoms with Gasteiger partial charge < -0.3 is 9.64 Å². The Labute approximate surface area is 144 Å². The lowest BCUT2D eigenvalue weighted by Gasteiger charge is -2.29. The predicted molar refractivity (Wildman–Crippen MR) is 92.2 cm³/mol.